The van der Waals surface area contributed by atoms with E-state index in [2.05, 4.69) is 53.6 Å². The summed E-state index contributed by atoms with van der Waals surface area (Å²) in [5, 5.41) is 0. The molecule has 1 saturated heterocycles. The number of fused-ring (bicyclic) bond motifs is 2. The van der Waals surface area contributed by atoms with E-state index in [1.165, 1.54) is 32.7 Å². The van der Waals surface area contributed by atoms with Gasteiger partial charge in [-0.05, 0) is 60.9 Å². The molecular weight excluding hydrogens is 366 g/mol. The number of Topliss-reactive ketones (excluding diaryl/α,β-unsaturated/α-hetero) is 1. The molecule has 0 amide bonds. The Morgan fingerprint density at radius 2 is 1.89 bits per heavy atom. The third kappa shape index (κ3) is 4.03. The molecule has 1 fully saturated rings. The highest BCUT2D eigenvalue weighted by Crippen LogP contribution is 2.42. The summed E-state index contributed by atoms with van der Waals surface area (Å²) in [4.78, 5) is 15.0. The largest absolute Gasteiger partial charge is 0.488 e. The SMILES string of the molecule is CSc1ccc2c(c1)C(=C1CCN(CCC(C)=O)CC1)c1ccccc1CO2. The Morgan fingerprint density at radius 3 is 2.64 bits per heavy atom. The van der Waals surface area contributed by atoms with Gasteiger partial charge in [0.1, 0.15) is 18.1 Å². The number of rotatable bonds is 4. The fourth-order valence-corrected chi connectivity index (χ4v) is 4.58. The van der Waals surface area contributed by atoms with Gasteiger partial charge in [0, 0.05) is 36.5 Å². The molecule has 146 valence electrons. The molecule has 4 heteroatoms. The van der Waals surface area contributed by atoms with E-state index < -0.39 is 0 Å². The van der Waals surface area contributed by atoms with Crippen LogP contribution in [0.15, 0.2) is 52.9 Å². The Hall–Kier alpha value is -2.04. The van der Waals surface area contributed by atoms with Gasteiger partial charge in [0.05, 0.1) is 0 Å². The zero-order valence-electron chi connectivity index (χ0n) is 16.7. The quantitative estimate of drug-likeness (QED) is 0.670. The van der Waals surface area contributed by atoms with Crippen molar-refractivity contribution >= 4 is 23.1 Å². The van der Waals surface area contributed by atoms with Crippen LogP contribution in [-0.4, -0.2) is 36.6 Å². The van der Waals surface area contributed by atoms with Crippen LogP contribution < -0.4 is 4.74 Å². The highest BCUT2D eigenvalue weighted by molar-refractivity contribution is 7.98. The highest BCUT2D eigenvalue weighted by atomic mass is 32.2. The molecule has 0 bridgehead atoms. The molecule has 3 nitrogen and oxygen atoms in total. The third-order valence-electron chi connectivity index (χ3n) is 5.72. The summed E-state index contributed by atoms with van der Waals surface area (Å²) in [6.07, 6.45) is 4.87. The van der Waals surface area contributed by atoms with Crippen LogP contribution in [0.4, 0.5) is 0 Å². The molecule has 2 aromatic carbocycles. The Morgan fingerprint density at radius 1 is 1.11 bits per heavy atom. The lowest BCUT2D eigenvalue weighted by molar-refractivity contribution is -0.117. The predicted octanol–water partition coefficient (Wildman–Crippen LogP) is 5.18. The molecule has 0 aliphatic carbocycles. The van der Waals surface area contributed by atoms with Crippen LogP contribution in [0.3, 0.4) is 0 Å². The minimum absolute atomic E-state index is 0.275. The van der Waals surface area contributed by atoms with Gasteiger partial charge in [-0.25, -0.2) is 0 Å². The van der Waals surface area contributed by atoms with Crippen molar-refractivity contribution in [1.29, 1.82) is 0 Å². The fraction of sp³-hybridized carbons (Fsp3) is 0.375. The first kappa shape index (κ1) is 19.3. The van der Waals surface area contributed by atoms with E-state index in [4.69, 9.17) is 4.74 Å². The number of hydrogen-bond acceptors (Lipinski definition) is 4. The maximum absolute atomic E-state index is 11.3. The number of likely N-dealkylation sites (tertiary alicyclic amines) is 1. The number of ether oxygens (including phenoxy) is 1. The van der Waals surface area contributed by atoms with Crippen molar-refractivity contribution in [2.45, 2.75) is 37.7 Å². The number of hydrogen-bond donors (Lipinski definition) is 0. The van der Waals surface area contributed by atoms with E-state index in [1.54, 1.807) is 18.7 Å². The Balaban J connectivity index is 1.73. The zero-order valence-corrected chi connectivity index (χ0v) is 17.5. The molecule has 2 heterocycles. The lowest BCUT2D eigenvalue weighted by Gasteiger charge is -2.30. The summed E-state index contributed by atoms with van der Waals surface area (Å²) < 4.78 is 6.19. The van der Waals surface area contributed by atoms with Crippen molar-refractivity contribution in [2.75, 3.05) is 25.9 Å². The molecule has 28 heavy (non-hydrogen) atoms. The minimum atomic E-state index is 0.275. The van der Waals surface area contributed by atoms with Crippen LogP contribution in [0.1, 0.15) is 42.9 Å². The first-order valence-corrected chi connectivity index (χ1v) is 11.2. The normalized spacial score (nSPS) is 16.8. The lowest BCUT2D eigenvalue weighted by Crippen LogP contribution is -2.32. The Labute approximate surface area is 171 Å². The van der Waals surface area contributed by atoms with E-state index >= 15 is 0 Å². The monoisotopic (exact) mass is 393 g/mol. The van der Waals surface area contributed by atoms with E-state index in [-0.39, 0.29) is 5.78 Å². The first-order valence-electron chi connectivity index (χ1n) is 9.99. The van der Waals surface area contributed by atoms with Gasteiger partial charge in [0.15, 0.2) is 0 Å². The van der Waals surface area contributed by atoms with Crippen molar-refractivity contribution in [2.24, 2.45) is 0 Å². The van der Waals surface area contributed by atoms with Crippen LogP contribution >= 0.6 is 11.8 Å². The molecule has 0 saturated carbocycles. The summed E-state index contributed by atoms with van der Waals surface area (Å²) in [6.45, 7) is 5.22. The predicted molar refractivity (Wildman–Crippen MR) is 116 cm³/mol. The minimum Gasteiger partial charge on any atom is -0.488 e. The van der Waals surface area contributed by atoms with E-state index in [1.807, 2.05) is 0 Å². The molecule has 0 atom stereocenters. The Bertz CT molecular complexity index is 909. The molecule has 0 aromatic heterocycles. The molecule has 0 unspecified atom stereocenters. The van der Waals surface area contributed by atoms with Gasteiger partial charge in [-0.2, -0.15) is 0 Å². The first-order chi connectivity index (χ1) is 13.7. The fourth-order valence-electron chi connectivity index (χ4n) is 4.14. The van der Waals surface area contributed by atoms with Gasteiger partial charge < -0.3 is 9.64 Å². The van der Waals surface area contributed by atoms with Crippen LogP contribution in [-0.2, 0) is 11.4 Å². The van der Waals surface area contributed by atoms with Crippen LogP contribution in [0, 0.1) is 0 Å². The van der Waals surface area contributed by atoms with Gasteiger partial charge in [-0.1, -0.05) is 29.8 Å². The number of thioether (sulfide) groups is 1. The molecule has 4 rings (SSSR count). The lowest BCUT2D eigenvalue weighted by atomic mass is 9.86. The molecule has 0 radical (unpaired) electrons. The van der Waals surface area contributed by atoms with Crippen molar-refractivity contribution < 1.29 is 9.53 Å². The van der Waals surface area contributed by atoms with E-state index in [9.17, 15) is 4.79 Å². The second-order valence-corrected chi connectivity index (χ2v) is 8.46. The topological polar surface area (TPSA) is 29.5 Å². The average Bonchev–Trinajstić information content (AvgIpc) is 2.89. The zero-order chi connectivity index (χ0) is 19.5. The van der Waals surface area contributed by atoms with Gasteiger partial charge in [-0.3, -0.25) is 4.79 Å². The van der Waals surface area contributed by atoms with Crippen molar-refractivity contribution in [3.63, 3.8) is 0 Å². The van der Waals surface area contributed by atoms with Crippen LogP contribution in [0.5, 0.6) is 5.75 Å². The number of carbonyl (C=O) groups is 1. The van der Waals surface area contributed by atoms with Crippen molar-refractivity contribution in [3.05, 3.63) is 64.7 Å². The number of piperidine rings is 1. The van der Waals surface area contributed by atoms with E-state index in [0.29, 0.717) is 13.0 Å². The second-order valence-electron chi connectivity index (χ2n) is 7.58. The molecule has 2 aromatic rings. The summed E-state index contributed by atoms with van der Waals surface area (Å²) in [6, 6.07) is 15.2. The standard InChI is InChI=1S/C24H27NO2S/c1-17(26)9-12-25-13-10-18(11-14-25)24-21-6-4-3-5-19(21)16-27-23-8-7-20(28-2)15-22(23)24/h3-8,15H,9-14,16H2,1-2H3. The molecule has 0 spiro atoms. The van der Waals surface area contributed by atoms with Gasteiger partial charge >= 0.3 is 0 Å². The van der Waals surface area contributed by atoms with Crippen LogP contribution in [0.25, 0.3) is 5.57 Å². The summed E-state index contributed by atoms with van der Waals surface area (Å²) in [5.74, 6) is 1.26. The molecule has 2 aliphatic rings. The maximum Gasteiger partial charge on any atom is 0.131 e. The summed E-state index contributed by atoms with van der Waals surface area (Å²) in [7, 11) is 0. The average molecular weight is 394 g/mol. The second kappa shape index (κ2) is 8.54. The van der Waals surface area contributed by atoms with Crippen molar-refractivity contribution in [3.8, 4) is 5.75 Å². The maximum atomic E-state index is 11.3. The number of nitrogens with zero attached hydrogens (tertiary/aromatic N) is 1. The summed E-state index contributed by atoms with van der Waals surface area (Å²) >= 11 is 1.77. The van der Waals surface area contributed by atoms with Gasteiger partial charge in [-0.15, -0.1) is 11.8 Å². The van der Waals surface area contributed by atoms with E-state index in [0.717, 1.165) is 38.2 Å². The molecule has 2 aliphatic heterocycles. The van der Waals surface area contributed by atoms with Crippen LogP contribution in [0.2, 0.25) is 0 Å². The van der Waals surface area contributed by atoms with Crippen molar-refractivity contribution in [1.82, 2.24) is 4.90 Å². The molecule has 0 N–H and O–H groups in total. The Kier molecular flexibility index (Phi) is 5.88. The number of benzene rings is 2. The molecular formula is C24H27NO2S. The summed E-state index contributed by atoms with van der Waals surface area (Å²) in [5.41, 5.74) is 6.67. The van der Waals surface area contributed by atoms with Gasteiger partial charge in [0.2, 0.25) is 0 Å². The third-order valence-corrected chi connectivity index (χ3v) is 6.44. The highest BCUT2D eigenvalue weighted by Gasteiger charge is 2.25. The smallest absolute Gasteiger partial charge is 0.131 e. The number of carbonyl (C=O) groups excluding carboxylic acids is 1. The number of ketones is 1. The van der Waals surface area contributed by atoms with Gasteiger partial charge in [0.25, 0.3) is 0 Å².